The number of rotatable bonds is 16. The van der Waals surface area contributed by atoms with Crippen LogP contribution in [0, 0.1) is 0 Å². The summed E-state index contributed by atoms with van der Waals surface area (Å²) in [7, 11) is -8.42. The molecule has 0 spiro atoms. The highest BCUT2D eigenvalue weighted by atomic mass is 32.2. The zero-order valence-electron chi connectivity index (χ0n) is 23.8. The van der Waals surface area contributed by atoms with E-state index in [-0.39, 0.29) is 0 Å². The molecule has 0 aromatic rings. The van der Waals surface area contributed by atoms with E-state index >= 15 is 0 Å². The van der Waals surface area contributed by atoms with E-state index in [9.17, 15) is 114 Å². The molecule has 0 heterocycles. The molecule has 0 radical (unpaired) electrons. The molecule has 28 heteroatoms. The second-order valence-corrected chi connectivity index (χ2v) is 11.0. The van der Waals surface area contributed by atoms with Gasteiger partial charge >= 0.3 is 64.5 Å². The average molecular weight is 793 g/mol. The maximum atomic E-state index is 13.5. The highest BCUT2D eigenvalue weighted by molar-refractivity contribution is 7.86. The highest BCUT2D eigenvalue weighted by Gasteiger charge is 2.98. The zero-order valence-corrected chi connectivity index (χ0v) is 24.6. The monoisotopic (exact) mass is 793 g/mol. The summed E-state index contributed by atoms with van der Waals surface area (Å²) >= 11 is 0. The smallest absolute Gasteiger partial charge is 0.402 e. The fourth-order valence-electron chi connectivity index (χ4n) is 3.38. The standard InChI is InChI=1S/C12H3F23O3S.C8H20N/c13-1-2(14,15)3(16,17)4(18,19)5(20,21)6(22,23)7(24,25)8(26,27)9(28,29)10(30,31)11(32,33)12(34,35)39(36,37)38;1-5-9(6-2,7-3)8-4/h1H2,(H,36,37,38);5-8H2,1-4H3/q;+1/p-1. The second kappa shape index (κ2) is 13.4. The molecule has 292 valence electrons. The van der Waals surface area contributed by atoms with Crippen LogP contribution in [0.25, 0.3) is 0 Å². The quantitative estimate of drug-likeness (QED) is 0.0898. The highest BCUT2D eigenvalue weighted by Crippen LogP contribution is 2.67. The van der Waals surface area contributed by atoms with Crippen molar-refractivity contribution in [2.24, 2.45) is 0 Å². The number of halogens is 23. The minimum Gasteiger partial charge on any atom is -0.743 e. The maximum Gasteiger partial charge on any atom is 0.402 e. The Balaban J connectivity index is 0. The molecular formula is C20H22F23NO3S. The summed E-state index contributed by atoms with van der Waals surface area (Å²) in [5, 5.41) is -8.25. The van der Waals surface area contributed by atoms with Crippen LogP contribution in [0.4, 0.5) is 101 Å². The Hall–Kier alpha value is -1.74. The summed E-state index contributed by atoms with van der Waals surface area (Å²) in [5.41, 5.74) is 0. The van der Waals surface area contributed by atoms with Crippen molar-refractivity contribution in [1.82, 2.24) is 0 Å². The molecule has 0 atom stereocenters. The molecular weight excluding hydrogens is 771 g/mol. The molecule has 0 N–H and O–H groups in total. The van der Waals surface area contributed by atoms with E-state index in [0.29, 0.717) is 0 Å². The van der Waals surface area contributed by atoms with Crippen LogP contribution in [0.2, 0.25) is 0 Å². The predicted molar refractivity (Wildman–Crippen MR) is 113 cm³/mol. The largest absolute Gasteiger partial charge is 0.743 e. The fraction of sp³-hybridized carbons (Fsp3) is 1.00. The number of hydrogen-bond donors (Lipinski definition) is 0. The first-order chi connectivity index (χ1) is 20.6. The summed E-state index contributed by atoms with van der Waals surface area (Å²) in [6, 6.07) is 0. The summed E-state index contributed by atoms with van der Waals surface area (Å²) in [6.07, 6.45) is 0. The van der Waals surface area contributed by atoms with E-state index in [1.807, 2.05) is 0 Å². The molecule has 0 rings (SSSR count). The first-order valence-electron chi connectivity index (χ1n) is 12.1. The van der Waals surface area contributed by atoms with Crippen molar-refractivity contribution >= 4 is 10.1 Å². The van der Waals surface area contributed by atoms with Gasteiger partial charge < -0.3 is 9.04 Å². The zero-order chi connectivity index (χ0) is 40.0. The molecule has 48 heavy (non-hydrogen) atoms. The van der Waals surface area contributed by atoms with E-state index in [1.165, 1.54) is 30.7 Å². The van der Waals surface area contributed by atoms with Gasteiger partial charge in [0.05, 0.1) is 26.2 Å². The summed E-state index contributed by atoms with van der Waals surface area (Å²) in [6.45, 7) is 9.99. The lowest BCUT2D eigenvalue weighted by Crippen LogP contribution is -2.78. The Morgan fingerprint density at radius 3 is 0.750 bits per heavy atom. The van der Waals surface area contributed by atoms with Gasteiger partial charge in [-0.15, -0.1) is 0 Å². The summed E-state index contributed by atoms with van der Waals surface area (Å²) in [5.74, 6) is -90.0. The van der Waals surface area contributed by atoms with Gasteiger partial charge in [0.15, 0.2) is 16.8 Å². The Morgan fingerprint density at radius 1 is 0.417 bits per heavy atom. The number of nitrogens with zero attached hydrogens (tertiary/aromatic N) is 1. The lowest BCUT2D eigenvalue weighted by atomic mass is 9.85. The third-order valence-corrected chi connectivity index (χ3v) is 8.03. The minimum absolute atomic E-state index is 1.28. The molecule has 0 bridgehead atoms. The van der Waals surface area contributed by atoms with E-state index in [1.54, 1.807) is 0 Å². The third kappa shape index (κ3) is 6.57. The first-order valence-corrected chi connectivity index (χ1v) is 13.5. The van der Waals surface area contributed by atoms with Crippen LogP contribution in [0.1, 0.15) is 27.7 Å². The first kappa shape index (κ1) is 48.4. The molecule has 0 saturated carbocycles. The molecule has 0 aliphatic carbocycles. The predicted octanol–water partition coefficient (Wildman–Crippen LogP) is 8.33. The van der Waals surface area contributed by atoms with Gasteiger partial charge in [-0.1, -0.05) is 0 Å². The molecule has 0 aromatic heterocycles. The molecule has 4 nitrogen and oxygen atoms in total. The summed E-state index contributed by atoms with van der Waals surface area (Å²) < 4.78 is 333. The van der Waals surface area contributed by atoms with Crippen LogP contribution in [0.15, 0.2) is 0 Å². The van der Waals surface area contributed by atoms with Gasteiger partial charge in [-0.2, -0.15) is 96.6 Å². The SMILES string of the molecule is CC[N+](CC)(CC)CC.O=S(=O)([O-])C(F)(F)C(F)(F)C(F)(F)C(F)(F)C(F)(F)C(F)(F)C(F)(F)C(F)(F)C(F)(F)C(F)(F)C(F)(F)CF. The number of hydrogen-bond acceptors (Lipinski definition) is 3. The number of alkyl halides is 23. The summed E-state index contributed by atoms with van der Waals surface area (Å²) in [4.78, 5) is 0. The molecule has 0 aromatic carbocycles. The van der Waals surface area contributed by atoms with Gasteiger partial charge in [-0.3, -0.25) is 0 Å². The average Bonchev–Trinajstić information content (AvgIpc) is 2.93. The van der Waals surface area contributed by atoms with E-state index in [2.05, 4.69) is 27.7 Å². The van der Waals surface area contributed by atoms with Gasteiger partial charge in [-0.05, 0) is 27.7 Å². The molecule has 0 unspecified atom stereocenters. The van der Waals surface area contributed by atoms with Gasteiger partial charge in [0.1, 0.15) is 0 Å². The van der Waals surface area contributed by atoms with E-state index in [0.717, 1.165) is 0 Å². The molecule has 0 fully saturated rings. The van der Waals surface area contributed by atoms with Crippen molar-refractivity contribution in [3.63, 3.8) is 0 Å². The fourth-order valence-corrected chi connectivity index (χ4v) is 3.82. The van der Waals surface area contributed by atoms with Gasteiger partial charge in [0, 0.05) is 0 Å². The van der Waals surface area contributed by atoms with E-state index < -0.39 is 81.3 Å². The Kier molecular flexibility index (Phi) is 13.5. The van der Waals surface area contributed by atoms with Gasteiger partial charge in [0.25, 0.3) is 0 Å². The molecule has 0 saturated heterocycles. The van der Waals surface area contributed by atoms with Crippen molar-refractivity contribution < 1.29 is 118 Å². The Labute approximate surface area is 254 Å². The topological polar surface area (TPSA) is 57.2 Å². The third-order valence-electron chi connectivity index (χ3n) is 7.14. The normalized spacial score (nSPS) is 16.1. The van der Waals surface area contributed by atoms with Crippen LogP contribution < -0.4 is 0 Å². The van der Waals surface area contributed by atoms with Crippen LogP contribution in [0.3, 0.4) is 0 Å². The van der Waals surface area contributed by atoms with Crippen LogP contribution >= 0.6 is 0 Å². The van der Waals surface area contributed by atoms with Gasteiger partial charge in [-0.25, -0.2) is 12.8 Å². The van der Waals surface area contributed by atoms with Gasteiger partial charge in [0.2, 0.25) is 0 Å². The van der Waals surface area contributed by atoms with Crippen molar-refractivity contribution in [3.05, 3.63) is 0 Å². The Morgan fingerprint density at radius 2 is 0.604 bits per heavy atom. The lowest BCUT2D eigenvalue weighted by molar-refractivity contribution is -0.921. The maximum absolute atomic E-state index is 13.5. The van der Waals surface area contributed by atoms with Crippen LogP contribution in [0.5, 0.6) is 0 Å². The van der Waals surface area contributed by atoms with Crippen LogP contribution in [-0.2, 0) is 10.1 Å². The van der Waals surface area contributed by atoms with Crippen molar-refractivity contribution in [3.8, 4) is 0 Å². The Bertz CT molecular complexity index is 1180. The van der Waals surface area contributed by atoms with Crippen molar-refractivity contribution in [2.45, 2.75) is 92.2 Å². The lowest BCUT2D eigenvalue weighted by Gasteiger charge is -2.45. The molecule has 0 aliphatic heterocycles. The number of quaternary nitrogens is 1. The minimum atomic E-state index is -9.57. The van der Waals surface area contributed by atoms with Crippen LogP contribution in [-0.4, -0.2) is 115 Å². The molecule has 0 amide bonds. The van der Waals surface area contributed by atoms with E-state index in [4.69, 9.17) is 0 Å². The van der Waals surface area contributed by atoms with Crippen molar-refractivity contribution in [2.75, 3.05) is 32.9 Å². The van der Waals surface area contributed by atoms with Crippen molar-refractivity contribution in [1.29, 1.82) is 0 Å². The second-order valence-electron chi connectivity index (χ2n) is 9.59. The molecule has 0 aliphatic rings.